The van der Waals surface area contributed by atoms with Crippen LogP contribution in [0.3, 0.4) is 0 Å². The van der Waals surface area contributed by atoms with Gasteiger partial charge in [-0.2, -0.15) is 0 Å². The van der Waals surface area contributed by atoms with Crippen LogP contribution in [0.25, 0.3) is 0 Å². The Morgan fingerprint density at radius 2 is 2.12 bits per heavy atom. The topological polar surface area (TPSA) is 55.1 Å². The van der Waals surface area contributed by atoms with E-state index in [1.165, 1.54) is 0 Å². The third-order valence-electron chi connectivity index (χ3n) is 2.07. The number of rotatable bonds is 4. The van der Waals surface area contributed by atoms with Crippen molar-refractivity contribution in [2.75, 3.05) is 6.54 Å². The molecule has 0 radical (unpaired) electrons. The van der Waals surface area contributed by atoms with Crippen molar-refractivity contribution in [1.82, 2.24) is 5.32 Å². The molecule has 0 saturated carbocycles. The molecule has 0 unspecified atom stereocenters. The average Bonchev–Trinajstić information content (AvgIpc) is 2.21. The minimum absolute atomic E-state index is 0. The molecule has 1 aromatic carbocycles. The Morgan fingerprint density at radius 3 is 2.69 bits per heavy atom. The third kappa shape index (κ3) is 4.96. The molecule has 90 valence electrons. The number of benzene rings is 1. The van der Waals surface area contributed by atoms with E-state index in [9.17, 15) is 4.79 Å². The van der Waals surface area contributed by atoms with Crippen LogP contribution in [0.1, 0.15) is 12.5 Å². The molecule has 1 atom stereocenters. The predicted octanol–water partition coefficient (Wildman–Crippen LogP) is 1.88. The van der Waals surface area contributed by atoms with Gasteiger partial charge in [-0.1, -0.05) is 34.1 Å². The van der Waals surface area contributed by atoms with E-state index < -0.39 is 0 Å². The van der Waals surface area contributed by atoms with E-state index in [0.717, 1.165) is 10.0 Å². The third-order valence-corrected chi connectivity index (χ3v) is 2.84. The van der Waals surface area contributed by atoms with Crippen LogP contribution < -0.4 is 11.1 Å². The summed E-state index contributed by atoms with van der Waals surface area (Å²) >= 11 is 3.40. The first-order valence-electron chi connectivity index (χ1n) is 4.86. The summed E-state index contributed by atoms with van der Waals surface area (Å²) in [7, 11) is 0. The number of carbonyl (C=O) groups excluding carboxylic acids is 1. The number of nitrogens with two attached hydrogens (primary N) is 1. The van der Waals surface area contributed by atoms with Crippen LogP contribution in [0.2, 0.25) is 0 Å². The van der Waals surface area contributed by atoms with Gasteiger partial charge in [0.1, 0.15) is 0 Å². The van der Waals surface area contributed by atoms with Crippen molar-refractivity contribution in [1.29, 1.82) is 0 Å². The average molecular weight is 308 g/mol. The minimum atomic E-state index is -0.000139. The molecule has 0 spiro atoms. The molecule has 5 heteroatoms. The van der Waals surface area contributed by atoms with Crippen molar-refractivity contribution < 1.29 is 4.79 Å². The van der Waals surface area contributed by atoms with Gasteiger partial charge in [-0.25, -0.2) is 0 Å². The monoisotopic (exact) mass is 306 g/mol. The van der Waals surface area contributed by atoms with Gasteiger partial charge in [-0.05, 0) is 18.6 Å². The smallest absolute Gasteiger partial charge is 0.224 e. The molecule has 0 fully saturated rings. The lowest BCUT2D eigenvalue weighted by molar-refractivity contribution is -0.121. The molecule has 0 aliphatic carbocycles. The van der Waals surface area contributed by atoms with Crippen molar-refractivity contribution in [3.05, 3.63) is 34.3 Å². The Balaban J connectivity index is 0.00000225. The summed E-state index contributed by atoms with van der Waals surface area (Å²) in [4.78, 5) is 11.5. The Morgan fingerprint density at radius 1 is 1.50 bits per heavy atom. The molecule has 0 aromatic heterocycles. The zero-order valence-corrected chi connectivity index (χ0v) is 11.5. The molecule has 3 N–H and O–H groups in total. The minimum Gasteiger partial charge on any atom is -0.352 e. The molecule has 0 bridgehead atoms. The number of hydrogen-bond acceptors (Lipinski definition) is 2. The molecule has 1 aromatic rings. The van der Waals surface area contributed by atoms with Crippen LogP contribution >= 0.6 is 28.3 Å². The fourth-order valence-corrected chi connectivity index (χ4v) is 1.62. The zero-order chi connectivity index (χ0) is 11.3. The highest BCUT2D eigenvalue weighted by Crippen LogP contribution is 2.16. The number of amides is 1. The van der Waals surface area contributed by atoms with Crippen LogP contribution in [-0.2, 0) is 11.2 Å². The van der Waals surface area contributed by atoms with Crippen LogP contribution in [-0.4, -0.2) is 18.5 Å². The number of halogens is 2. The van der Waals surface area contributed by atoms with Gasteiger partial charge in [0.05, 0.1) is 6.42 Å². The van der Waals surface area contributed by atoms with Gasteiger partial charge in [0, 0.05) is 17.1 Å². The lowest BCUT2D eigenvalue weighted by atomic mass is 10.1. The Bertz CT molecular complexity index is 347. The quantitative estimate of drug-likeness (QED) is 0.892. The zero-order valence-electron chi connectivity index (χ0n) is 9.07. The second-order valence-corrected chi connectivity index (χ2v) is 4.33. The highest BCUT2D eigenvalue weighted by Gasteiger charge is 2.08. The molecular formula is C11H16BrClN2O. The molecule has 3 nitrogen and oxygen atoms in total. The van der Waals surface area contributed by atoms with E-state index >= 15 is 0 Å². The van der Waals surface area contributed by atoms with Crippen molar-refractivity contribution in [2.45, 2.75) is 19.4 Å². The predicted molar refractivity (Wildman–Crippen MR) is 71.8 cm³/mol. The van der Waals surface area contributed by atoms with Crippen molar-refractivity contribution in [3.63, 3.8) is 0 Å². The summed E-state index contributed by atoms with van der Waals surface area (Å²) in [5.74, 6) is -0.000139. The van der Waals surface area contributed by atoms with E-state index in [1.54, 1.807) is 0 Å². The van der Waals surface area contributed by atoms with Gasteiger partial charge in [0.25, 0.3) is 0 Å². The summed E-state index contributed by atoms with van der Waals surface area (Å²) in [5, 5.41) is 2.82. The molecule has 0 aliphatic rings. The highest BCUT2D eigenvalue weighted by molar-refractivity contribution is 9.10. The Labute approximate surface area is 110 Å². The summed E-state index contributed by atoms with van der Waals surface area (Å²) in [6, 6.07) is 7.72. The number of hydrogen-bond donors (Lipinski definition) is 2. The van der Waals surface area contributed by atoms with Crippen LogP contribution in [0.4, 0.5) is 0 Å². The first-order chi connectivity index (χ1) is 7.13. The summed E-state index contributed by atoms with van der Waals surface area (Å²) in [5.41, 5.74) is 6.41. The maximum absolute atomic E-state index is 11.5. The Kier molecular flexibility index (Phi) is 7.38. The van der Waals surface area contributed by atoms with E-state index in [4.69, 9.17) is 5.73 Å². The number of nitrogens with one attached hydrogen (secondary N) is 1. The van der Waals surface area contributed by atoms with Gasteiger partial charge in [0.15, 0.2) is 0 Å². The van der Waals surface area contributed by atoms with E-state index in [0.29, 0.717) is 13.0 Å². The molecule has 0 heterocycles. The van der Waals surface area contributed by atoms with Crippen molar-refractivity contribution >= 4 is 34.2 Å². The van der Waals surface area contributed by atoms with Gasteiger partial charge in [-0.15, -0.1) is 12.4 Å². The number of carbonyl (C=O) groups is 1. The fourth-order valence-electron chi connectivity index (χ4n) is 1.20. The van der Waals surface area contributed by atoms with E-state index in [1.807, 2.05) is 31.2 Å². The normalized spacial score (nSPS) is 11.4. The first-order valence-corrected chi connectivity index (χ1v) is 5.65. The van der Waals surface area contributed by atoms with Crippen molar-refractivity contribution in [2.24, 2.45) is 5.73 Å². The lowest BCUT2D eigenvalue weighted by Crippen LogP contribution is -2.38. The Hall–Kier alpha value is -0.580. The maximum atomic E-state index is 11.5. The largest absolute Gasteiger partial charge is 0.352 e. The molecular weight excluding hydrogens is 291 g/mol. The molecule has 0 saturated heterocycles. The van der Waals surface area contributed by atoms with Gasteiger partial charge >= 0.3 is 0 Å². The maximum Gasteiger partial charge on any atom is 0.224 e. The SMILES string of the molecule is C[C@@H](CN)NC(=O)Cc1ccccc1Br.Cl. The fraction of sp³-hybridized carbons (Fsp3) is 0.364. The van der Waals surface area contributed by atoms with Crippen LogP contribution in [0.15, 0.2) is 28.7 Å². The molecule has 1 rings (SSSR count). The standard InChI is InChI=1S/C11H15BrN2O.ClH/c1-8(7-13)14-11(15)6-9-4-2-3-5-10(9)12;/h2-5,8H,6-7,13H2,1H3,(H,14,15);1H/t8-;/m0./s1. The molecule has 1 amide bonds. The molecule has 16 heavy (non-hydrogen) atoms. The lowest BCUT2D eigenvalue weighted by Gasteiger charge is -2.11. The molecule has 0 aliphatic heterocycles. The van der Waals surface area contributed by atoms with Gasteiger partial charge < -0.3 is 11.1 Å². The second kappa shape index (κ2) is 7.65. The van der Waals surface area contributed by atoms with E-state index in [-0.39, 0.29) is 24.4 Å². The summed E-state index contributed by atoms with van der Waals surface area (Å²) in [6.45, 7) is 2.35. The highest BCUT2D eigenvalue weighted by atomic mass is 79.9. The van der Waals surface area contributed by atoms with Gasteiger partial charge in [-0.3, -0.25) is 4.79 Å². The summed E-state index contributed by atoms with van der Waals surface area (Å²) < 4.78 is 0.959. The van der Waals surface area contributed by atoms with Crippen molar-refractivity contribution in [3.8, 4) is 0 Å². The van der Waals surface area contributed by atoms with Gasteiger partial charge in [0.2, 0.25) is 5.91 Å². The first kappa shape index (κ1) is 15.4. The van der Waals surface area contributed by atoms with E-state index in [2.05, 4.69) is 21.2 Å². The van der Waals surface area contributed by atoms with Crippen LogP contribution in [0, 0.1) is 0 Å². The second-order valence-electron chi connectivity index (χ2n) is 3.47. The van der Waals surface area contributed by atoms with Crippen LogP contribution in [0.5, 0.6) is 0 Å². The summed E-state index contributed by atoms with van der Waals surface area (Å²) in [6.07, 6.45) is 0.381.